The molecule has 11 rings (SSSR count). The summed E-state index contributed by atoms with van der Waals surface area (Å²) in [7, 11) is 0. The first-order chi connectivity index (χ1) is 28.0. The second kappa shape index (κ2) is 13.0. The summed E-state index contributed by atoms with van der Waals surface area (Å²) in [6.45, 7) is 4.76. The van der Waals surface area contributed by atoms with E-state index < -0.39 is 0 Å². The van der Waals surface area contributed by atoms with Crippen molar-refractivity contribution in [3.63, 3.8) is 0 Å². The predicted octanol–water partition coefficient (Wildman–Crippen LogP) is 14.6. The Morgan fingerprint density at radius 1 is 0.333 bits per heavy atom. The van der Waals surface area contributed by atoms with Crippen LogP contribution < -0.4 is 0 Å². The van der Waals surface area contributed by atoms with Crippen molar-refractivity contribution in [1.29, 1.82) is 0 Å². The molecule has 0 unspecified atom stereocenters. The van der Waals surface area contributed by atoms with Crippen molar-refractivity contribution >= 4 is 32.3 Å². The van der Waals surface area contributed by atoms with Gasteiger partial charge in [0.2, 0.25) is 0 Å². The lowest BCUT2D eigenvalue weighted by Gasteiger charge is -2.25. The first-order valence-corrected chi connectivity index (χ1v) is 19.7. The maximum Gasteiger partial charge on any atom is 0.161 e. The van der Waals surface area contributed by atoms with Gasteiger partial charge in [-0.15, -0.1) is 0 Å². The summed E-state index contributed by atoms with van der Waals surface area (Å²) in [6, 6.07) is 70.1. The fraction of sp³-hybridized carbons (Fsp3) is 0.0545. The van der Waals surface area contributed by atoms with Crippen molar-refractivity contribution in [2.45, 2.75) is 19.3 Å². The Bertz CT molecular complexity index is 3210. The molecule has 0 saturated heterocycles. The number of nitrogens with zero attached hydrogens (tertiary/aromatic N) is 2. The maximum atomic E-state index is 5.37. The molecule has 0 atom stereocenters. The quantitative estimate of drug-likeness (QED) is 0.176. The number of fused-ring (bicyclic) bond motifs is 6. The molecule has 1 aliphatic carbocycles. The van der Waals surface area contributed by atoms with Crippen molar-refractivity contribution in [3.8, 4) is 67.3 Å². The number of benzene rings is 9. The summed E-state index contributed by atoms with van der Waals surface area (Å²) >= 11 is 0. The minimum absolute atomic E-state index is 0.173. The summed E-state index contributed by atoms with van der Waals surface area (Å²) in [4.78, 5) is 10.7. The molecule has 1 aliphatic rings. The Labute approximate surface area is 332 Å². The van der Waals surface area contributed by atoms with Gasteiger partial charge in [-0.25, -0.2) is 9.97 Å². The Hall–Kier alpha value is -7.16. The Balaban J connectivity index is 1.08. The van der Waals surface area contributed by atoms with Crippen molar-refractivity contribution in [3.05, 3.63) is 205 Å². The SMILES string of the molecule is CC1(C)c2cc3ccccc3cc2-c2cccc(-c3ccc(-c4nc(-c5ccccc5)cc(-c5cccc(-c6cccc7ccccc67)c5)n4)c4ccccc34)c21. The Morgan fingerprint density at radius 3 is 1.65 bits per heavy atom. The van der Waals surface area contributed by atoms with E-state index in [1.807, 2.05) is 0 Å². The van der Waals surface area contributed by atoms with Crippen LogP contribution in [0.1, 0.15) is 25.0 Å². The van der Waals surface area contributed by atoms with Gasteiger partial charge in [0, 0.05) is 22.1 Å². The van der Waals surface area contributed by atoms with Gasteiger partial charge in [0.25, 0.3) is 0 Å². The van der Waals surface area contributed by atoms with Gasteiger partial charge >= 0.3 is 0 Å². The van der Waals surface area contributed by atoms with Crippen LogP contribution in [0.5, 0.6) is 0 Å². The maximum absolute atomic E-state index is 5.37. The van der Waals surface area contributed by atoms with Crippen molar-refractivity contribution in [1.82, 2.24) is 9.97 Å². The third kappa shape index (κ3) is 5.40. The molecule has 0 aliphatic heterocycles. The van der Waals surface area contributed by atoms with Gasteiger partial charge in [0.15, 0.2) is 5.82 Å². The number of hydrogen-bond donors (Lipinski definition) is 0. The molecule has 1 aromatic heterocycles. The Kier molecular flexibility index (Phi) is 7.55. The van der Waals surface area contributed by atoms with Crippen LogP contribution in [0.3, 0.4) is 0 Å². The van der Waals surface area contributed by atoms with E-state index in [-0.39, 0.29) is 5.41 Å². The second-order valence-corrected chi connectivity index (χ2v) is 15.7. The topological polar surface area (TPSA) is 25.8 Å². The molecule has 57 heavy (non-hydrogen) atoms. The van der Waals surface area contributed by atoms with E-state index in [1.165, 1.54) is 65.9 Å². The molecule has 0 saturated carbocycles. The second-order valence-electron chi connectivity index (χ2n) is 15.7. The lowest BCUT2D eigenvalue weighted by molar-refractivity contribution is 0.663. The summed E-state index contributed by atoms with van der Waals surface area (Å²) in [5, 5.41) is 7.35. The predicted molar refractivity (Wildman–Crippen MR) is 239 cm³/mol. The van der Waals surface area contributed by atoms with E-state index >= 15 is 0 Å². The van der Waals surface area contributed by atoms with E-state index in [2.05, 4.69) is 208 Å². The van der Waals surface area contributed by atoms with Crippen molar-refractivity contribution in [2.24, 2.45) is 0 Å². The molecule has 0 spiro atoms. The van der Waals surface area contributed by atoms with Gasteiger partial charge in [-0.1, -0.05) is 178 Å². The van der Waals surface area contributed by atoms with Crippen LogP contribution in [-0.2, 0) is 5.41 Å². The van der Waals surface area contributed by atoms with Crippen LogP contribution in [0.15, 0.2) is 194 Å². The van der Waals surface area contributed by atoms with E-state index in [4.69, 9.17) is 9.97 Å². The molecule has 0 radical (unpaired) electrons. The monoisotopic (exact) mass is 726 g/mol. The molecule has 0 N–H and O–H groups in total. The lowest BCUT2D eigenvalue weighted by Crippen LogP contribution is -2.16. The summed E-state index contributed by atoms with van der Waals surface area (Å²) < 4.78 is 0. The van der Waals surface area contributed by atoms with E-state index in [9.17, 15) is 0 Å². The van der Waals surface area contributed by atoms with Gasteiger partial charge in [0.05, 0.1) is 11.4 Å². The van der Waals surface area contributed by atoms with Crippen LogP contribution >= 0.6 is 0 Å². The van der Waals surface area contributed by atoms with Gasteiger partial charge in [-0.3, -0.25) is 0 Å². The van der Waals surface area contributed by atoms with E-state index in [0.29, 0.717) is 5.82 Å². The molecule has 0 amide bonds. The van der Waals surface area contributed by atoms with Gasteiger partial charge in [-0.2, -0.15) is 0 Å². The minimum atomic E-state index is -0.173. The Morgan fingerprint density at radius 2 is 0.860 bits per heavy atom. The minimum Gasteiger partial charge on any atom is -0.228 e. The fourth-order valence-electron chi connectivity index (χ4n) is 9.31. The molecule has 2 heteroatoms. The standard InChI is InChI=1S/C55H38N2/c1-55(2)50-33-38-19-7-6-18-37(38)32-49(50)47-28-14-27-46(53(47)55)45-29-30-48(44-25-11-10-24-43(44)45)54-56-51(36-16-4-3-5-17-36)34-52(57-54)40-22-12-21-39(31-40)42-26-13-20-35-15-8-9-23-41(35)42/h3-34H,1-2H3. The average Bonchev–Trinajstić information content (AvgIpc) is 3.50. The molecule has 0 bridgehead atoms. The largest absolute Gasteiger partial charge is 0.228 e. The van der Waals surface area contributed by atoms with E-state index in [1.54, 1.807) is 0 Å². The van der Waals surface area contributed by atoms with Gasteiger partial charge in [-0.05, 0) is 107 Å². The highest BCUT2D eigenvalue weighted by Crippen LogP contribution is 2.54. The van der Waals surface area contributed by atoms with E-state index in [0.717, 1.165) is 39.0 Å². The molecule has 0 fully saturated rings. The highest BCUT2D eigenvalue weighted by Gasteiger charge is 2.38. The van der Waals surface area contributed by atoms with Crippen LogP contribution in [0.2, 0.25) is 0 Å². The van der Waals surface area contributed by atoms with Crippen LogP contribution in [0.25, 0.3) is 99.6 Å². The zero-order valence-electron chi connectivity index (χ0n) is 31.9. The molecular weight excluding hydrogens is 689 g/mol. The fourth-order valence-corrected chi connectivity index (χ4v) is 9.31. The average molecular weight is 727 g/mol. The lowest BCUT2D eigenvalue weighted by atomic mass is 9.78. The molecule has 2 nitrogen and oxygen atoms in total. The smallest absolute Gasteiger partial charge is 0.161 e. The van der Waals surface area contributed by atoms with Crippen LogP contribution in [-0.4, -0.2) is 9.97 Å². The zero-order chi connectivity index (χ0) is 38.1. The highest BCUT2D eigenvalue weighted by molar-refractivity contribution is 6.06. The van der Waals surface area contributed by atoms with Crippen molar-refractivity contribution in [2.75, 3.05) is 0 Å². The molecule has 268 valence electrons. The normalized spacial score (nSPS) is 12.9. The number of rotatable bonds is 5. The van der Waals surface area contributed by atoms with Gasteiger partial charge < -0.3 is 0 Å². The summed E-state index contributed by atoms with van der Waals surface area (Å²) in [6.07, 6.45) is 0. The molecule has 1 heterocycles. The highest BCUT2D eigenvalue weighted by atomic mass is 14.9. The molecular formula is C55H38N2. The van der Waals surface area contributed by atoms with Gasteiger partial charge in [0.1, 0.15) is 0 Å². The zero-order valence-corrected chi connectivity index (χ0v) is 31.9. The van der Waals surface area contributed by atoms with Crippen LogP contribution in [0, 0.1) is 0 Å². The number of aromatic nitrogens is 2. The summed E-state index contributed by atoms with van der Waals surface area (Å²) in [5.41, 5.74) is 15.0. The van der Waals surface area contributed by atoms with Crippen LogP contribution in [0.4, 0.5) is 0 Å². The third-order valence-electron chi connectivity index (χ3n) is 12.0. The molecule has 9 aromatic carbocycles. The molecule has 10 aromatic rings. The third-order valence-corrected chi connectivity index (χ3v) is 12.0. The van der Waals surface area contributed by atoms with Crippen molar-refractivity contribution < 1.29 is 0 Å². The summed E-state index contributed by atoms with van der Waals surface area (Å²) in [5.74, 6) is 0.711. The number of hydrogen-bond acceptors (Lipinski definition) is 2. The first-order valence-electron chi connectivity index (χ1n) is 19.7. The first kappa shape index (κ1) is 33.2.